The smallest absolute Gasteiger partial charge is 0.129 e. The van der Waals surface area contributed by atoms with E-state index in [0.29, 0.717) is 0 Å². The van der Waals surface area contributed by atoms with E-state index >= 15 is 0 Å². The molecule has 0 aromatic heterocycles. The largest absolute Gasteiger partial charge is 0.206 e. The Morgan fingerprint density at radius 1 is 0.944 bits per heavy atom. The molecule has 0 aliphatic heterocycles. The molecule has 0 aliphatic carbocycles. The highest BCUT2D eigenvalue weighted by molar-refractivity contribution is 5.66. The van der Waals surface area contributed by atoms with E-state index in [1.54, 1.807) is 0 Å². The van der Waals surface area contributed by atoms with Gasteiger partial charge in [-0.25, -0.2) is 4.39 Å². The van der Waals surface area contributed by atoms with Gasteiger partial charge in [-0.2, -0.15) is 0 Å². The van der Waals surface area contributed by atoms with Crippen molar-refractivity contribution < 1.29 is 4.39 Å². The molecular formula is C17H19F. The fraction of sp³-hybridized carbons (Fsp3) is 0.294. The Kier molecular flexibility index (Phi) is 3.51. The maximum Gasteiger partial charge on any atom is 0.129 e. The highest BCUT2D eigenvalue weighted by Gasteiger charge is 2.11. The first-order valence-corrected chi connectivity index (χ1v) is 6.36. The zero-order valence-electron chi connectivity index (χ0n) is 11.4. The van der Waals surface area contributed by atoms with Crippen molar-refractivity contribution in [3.8, 4) is 11.1 Å². The molecule has 0 saturated carbocycles. The zero-order chi connectivity index (χ0) is 13.3. The summed E-state index contributed by atoms with van der Waals surface area (Å²) in [4.78, 5) is 0. The first kappa shape index (κ1) is 12.8. The number of halogens is 1. The van der Waals surface area contributed by atoms with E-state index in [0.717, 1.165) is 22.3 Å². The second-order valence-electron chi connectivity index (χ2n) is 5.22. The molecule has 0 spiro atoms. The molecule has 0 nitrogen and oxygen atoms in total. The van der Waals surface area contributed by atoms with Crippen LogP contribution < -0.4 is 0 Å². The van der Waals surface area contributed by atoms with Gasteiger partial charge in [-0.1, -0.05) is 43.7 Å². The molecule has 0 heterocycles. The molecule has 18 heavy (non-hydrogen) atoms. The zero-order valence-corrected chi connectivity index (χ0v) is 11.4. The third-order valence-corrected chi connectivity index (χ3v) is 3.26. The maximum absolute atomic E-state index is 14.0. The Balaban J connectivity index is 2.59. The van der Waals surface area contributed by atoms with E-state index in [1.165, 1.54) is 5.56 Å². The van der Waals surface area contributed by atoms with Gasteiger partial charge in [0.2, 0.25) is 0 Å². The molecular weight excluding hydrogens is 223 g/mol. The molecule has 1 heteroatoms. The maximum atomic E-state index is 14.0. The van der Waals surface area contributed by atoms with Gasteiger partial charge < -0.3 is 0 Å². The minimum absolute atomic E-state index is 0.0681. The van der Waals surface area contributed by atoms with Gasteiger partial charge in [0.25, 0.3) is 0 Å². The topological polar surface area (TPSA) is 0 Å². The molecule has 2 aromatic rings. The van der Waals surface area contributed by atoms with Crippen molar-refractivity contribution >= 4 is 0 Å². The van der Waals surface area contributed by atoms with Crippen LogP contribution in [0.4, 0.5) is 4.39 Å². The van der Waals surface area contributed by atoms with Gasteiger partial charge in [0.15, 0.2) is 0 Å². The van der Waals surface area contributed by atoms with Gasteiger partial charge in [-0.05, 0) is 54.2 Å². The van der Waals surface area contributed by atoms with E-state index in [-0.39, 0.29) is 11.7 Å². The Bertz CT molecular complexity index is 568. The molecule has 0 N–H and O–H groups in total. The minimum Gasteiger partial charge on any atom is -0.206 e. The van der Waals surface area contributed by atoms with E-state index in [4.69, 9.17) is 0 Å². The van der Waals surface area contributed by atoms with Crippen LogP contribution in [0.3, 0.4) is 0 Å². The molecule has 0 atom stereocenters. The second kappa shape index (κ2) is 4.93. The van der Waals surface area contributed by atoms with E-state index in [9.17, 15) is 4.39 Å². The standard InChI is InChI=1S/C17H19F/c1-11(2)16-10-15(9-13(4)17(16)18)14-7-5-6-12(3)8-14/h5-11H,1-4H3. The highest BCUT2D eigenvalue weighted by atomic mass is 19.1. The number of hydrogen-bond donors (Lipinski definition) is 0. The monoisotopic (exact) mass is 242 g/mol. The molecule has 0 amide bonds. The lowest BCUT2D eigenvalue weighted by molar-refractivity contribution is 0.590. The van der Waals surface area contributed by atoms with Gasteiger partial charge >= 0.3 is 0 Å². The summed E-state index contributed by atoms with van der Waals surface area (Å²) in [5.74, 6) is 0.134. The van der Waals surface area contributed by atoms with Crippen LogP contribution in [0.5, 0.6) is 0 Å². The van der Waals surface area contributed by atoms with Gasteiger partial charge in [0.1, 0.15) is 5.82 Å². The van der Waals surface area contributed by atoms with Crippen molar-refractivity contribution in [3.63, 3.8) is 0 Å². The van der Waals surface area contributed by atoms with Crippen LogP contribution >= 0.6 is 0 Å². The van der Waals surface area contributed by atoms with Crippen LogP contribution in [0.1, 0.15) is 36.5 Å². The predicted molar refractivity (Wildman–Crippen MR) is 75.4 cm³/mol. The first-order valence-electron chi connectivity index (χ1n) is 6.36. The van der Waals surface area contributed by atoms with E-state index in [1.807, 2.05) is 39.0 Å². The average Bonchev–Trinajstić information content (AvgIpc) is 2.32. The van der Waals surface area contributed by atoms with Crippen LogP contribution in [0, 0.1) is 19.7 Å². The number of rotatable bonds is 2. The Labute approximate surface area is 108 Å². The fourth-order valence-corrected chi connectivity index (χ4v) is 2.21. The van der Waals surface area contributed by atoms with E-state index < -0.39 is 0 Å². The van der Waals surface area contributed by atoms with E-state index in [2.05, 4.69) is 25.1 Å². The summed E-state index contributed by atoms with van der Waals surface area (Å²) < 4.78 is 14.0. The average molecular weight is 242 g/mol. The number of aryl methyl sites for hydroxylation is 2. The quantitative estimate of drug-likeness (QED) is 0.676. The number of benzene rings is 2. The summed E-state index contributed by atoms with van der Waals surface area (Å²) >= 11 is 0. The van der Waals surface area contributed by atoms with Crippen molar-refractivity contribution in [2.45, 2.75) is 33.6 Å². The normalized spacial score (nSPS) is 11.0. The van der Waals surface area contributed by atoms with Crippen LogP contribution in [-0.4, -0.2) is 0 Å². The van der Waals surface area contributed by atoms with Gasteiger partial charge in [-0.15, -0.1) is 0 Å². The lowest BCUT2D eigenvalue weighted by Crippen LogP contribution is -1.97. The minimum atomic E-state index is -0.0681. The molecule has 94 valence electrons. The fourth-order valence-electron chi connectivity index (χ4n) is 2.21. The van der Waals surface area contributed by atoms with Crippen LogP contribution in [-0.2, 0) is 0 Å². The van der Waals surface area contributed by atoms with Crippen molar-refractivity contribution in [1.82, 2.24) is 0 Å². The van der Waals surface area contributed by atoms with Gasteiger partial charge in [-0.3, -0.25) is 0 Å². The summed E-state index contributed by atoms with van der Waals surface area (Å²) in [6.07, 6.45) is 0. The predicted octanol–water partition coefficient (Wildman–Crippen LogP) is 5.23. The summed E-state index contributed by atoms with van der Waals surface area (Å²) in [6, 6.07) is 12.2. The van der Waals surface area contributed by atoms with Crippen molar-refractivity contribution in [3.05, 3.63) is 58.9 Å². The summed E-state index contributed by atoms with van der Waals surface area (Å²) in [5, 5.41) is 0. The van der Waals surface area contributed by atoms with Crippen molar-refractivity contribution in [1.29, 1.82) is 0 Å². The summed E-state index contributed by atoms with van der Waals surface area (Å²) in [7, 11) is 0. The van der Waals surface area contributed by atoms with Gasteiger partial charge in [0, 0.05) is 0 Å². The van der Waals surface area contributed by atoms with Crippen LogP contribution in [0.25, 0.3) is 11.1 Å². The molecule has 0 bridgehead atoms. The summed E-state index contributed by atoms with van der Waals surface area (Å²) in [6.45, 7) is 7.96. The molecule has 0 aliphatic rings. The van der Waals surface area contributed by atoms with Crippen molar-refractivity contribution in [2.75, 3.05) is 0 Å². The number of hydrogen-bond acceptors (Lipinski definition) is 0. The lowest BCUT2D eigenvalue weighted by atomic mass is 9.94. The molecule has 0 fully saturated rings. The Morgan fingerprint density at radius 2 is 1.67 bits per heavy atom. The molecule has 0 unspecified atom stereocenters. The van der Waals surface area contributed by atoms with Crippen LogP contribution in [0.15, 0.2) is 36.4 Å². The summed E-state index contributed by atoms with van der Waals surface area (Å²) in [5.41, 5.74) is 4.99. The Hall–Kier alpha value is -1.63. The van der Waals surface area contributed by atoms with Gasteiger partial charge in [0.05, 0.1) is 0 Å². The Morgan fingerprint density at radius 3 is 2.28 bits per heavy atom. The van der Waals surface area contributed by atoms with Crippen molar-refractivity contribution in [2.24, 2.45) is 0 Å². The third kappa shape index (κ3) is 2.45. The molecule has 2 rings (SSSR count). The molecule has 0 saturated heterocycles. The molecule has 2 aromatic carbocycles. The third-order valence-electron chi connectivity index (χ3n) is 3.26. The SMILES string of the molecule is Cc1cccc(-c2cc(C)c(F)c(C(C)C)c2)c1. The second-order valence-corrected chi connectivity index (χ2v) is 5.22. The first-order chi connectivity index (χ1) is 8.49. The van der Waals surface area contributed by atoms with Crippen LogP contribution in [0.2, 0.25) is 0 Å². The lowest BCUT2D eigenvalue weighted by Gasteiger charge is -2.13. The molecule has 0 radical (unpaired) electrons. The highest BCUT2D eigenvalue weighted by Crippen LogP contribution is 2.29.